The van der Waals surface area contributed by atoms with E-state index in [9.17, 15) is 9.59 Å². The fourth-order valence-electron chi connectivity index (χ4n) is 2.91. The number of pyridine rings is 1. The Morgan fingerprint density at radius 3 is 2.32 bits per heavy atom. The summed E-state index contributed by atoms with van der Waals surface area (Å²) in [6.07, 6.45) is 1.67. The number of hydrogen-bond donors (Lipinski definition) is 1. The summed E-state index contributed by atoms with van der Waals surface area (Å²) in [5.74, 6) is -0.699. The third kappa shape index (κ3) is 3.84. The van der Waals surface area contributed by atoms with Crippen molar-refractivity contribution in [3.8, 4) is 5.75 Å². The number of fused-ring (bicyclic) bond motifs is 1. The van der Waals surface area contributed by atoms with Gasteiger partial charge in [0.05, 0.1) is 18.1 Å². The first-order valence-corrected chi connectivity index (χ1v) is 9.40. The van der Waals surface area contributed by atoms with Crippen molar-refractivity contribution < 1.29 is 23.8 Å². The normalized spacial score (nSPS) is 10.7. The van der Waals surface area contributed by atoms with Crippen LogP contribution in [-0.2, 0) is 16.1 Å². The Morgan fingerprint density at radius 1 is 0.964 bits per heavy atom. The summed E-state index contributed by atoms with van der Waals surface area (Å²) in [5, 5.41) is 0. The van der Waals surface area contributed by atoms with Crippen LogP contribution in [0.2, 0.25) is 0 Å². The van der Waals surface area contributed by atoms with Crippen molar-refractivity contribution in [2.75, 3.05) is 13.2 Å². The van der Waals surface area contributed by atoms with E-state index in [4.69, 9.17) is 14.2 Å². The molecule has 0 aliphatic heterocycles. The molecule has 6 nitrogen and oxygen atoms in total. The zero-order chi connectivity index (χ0) is 20.1. The largest absolute Gasteiger partial charge is 0.487 e. The molecule has 28 heavy (non-hydrogen) atoms. The predicted octanol–water partition coefficient (Wildman–Crippen LogP) is 4.16. The second-order valence-corrected chi connectivity index (χ2v) is 6.33. The van der Waals surface area contributed by atoms with Crippen molar-refractivity contribution in [1.29, 1.82) is 0 Å². The van der Waals surface area contributed by atoms with Crippen LogP contribution in [0.1, 0.15) is 40.3 Å². The lowest BCUT2D eigenvalue weighted by Gasteiger charge is -2.10. The second-order valence-electron chi connectivity index (χ2n) is 5.88. The first-order chi connectivity index (χ1) is 13.6. The van der Waals surface area contributed by atoms with Gasteiger partial charge in [-0.3, -0.25) is 0 Å². The minimum absolute atomic E-state index is 0.161. The van der Waals surface area contributed by atoms with E-state index in [1.807, 2.05) is 30.3 Å². The molecule has 0 atom stereocenters. The Bertz CT molecular complexity index is 997. The average Bonchev–Trinajstić information content (AvgIpc) is 3.00. The number of esters is 2. The molecule has 0 unspecified atom stereocenters. The Kier molecular flexibility index (Phi) is 6.26. The van der Waals surface area contributed by atoms with Crippen molar-refractivity contribution in [1.82, 2.24) is 4.40 Å². The Hall–Kier alpha value is -2.93. The van der Waals surface area contributed by atoms with E-state index in [1.165, 1.54) is 0 Å². The van der Waals surface area contributed by atoms with Crippen molar-refractivity contribution in [3.05, 3.63) is 65.5 Å². The van der Waals surface area contributed by atoms with Gasteiger partial charge in [0.25, 0.3) is 0 Å². The molecule has 0 N–H and O–H groups in total. The third-order valence-corrected chi connectivity index (χ3v) is 4.52. The lowest BCUT2D eigenvalue weighted by Crippen LogP contribution is -2.09. The molecule has 0 spiro atoms. The van der Waals surface area contributed by atoms with Gasteiger partial charge in [0.15, 0.2) is 0 Å². The number of thiol groups is 1. The fraction of sp³-hybridized carbons (Fsp3) is 0.238. The van der Waals surface area contributed by atoms with Gasteiger partial charge in [-0.1, -0.05) is 30.3 Å². The first kappa shape index (κ1) is 19.8. The molecule has 0 aliphatic rings. The molecule has 0 bridgehead atoms. The van der Waals surface area contributed by atoms with E-state index in [-0.39, 0.29) is 29.4 Å². The number of benzene rings is 1. The number of aromatic nitrogens is 1. The summed E-state index contributed by atoms with van der Waals surface area (Å²) < 4.78 is 17.8. The molecular formula is C21H21NO5S. The predicted molar refractivity (Wildman–Crippen MR) is 107 cm³/mol. The first-order valence-electron chi connectivity index (χ1n) is 8.95. The van der Waals surface area contributed by atoms with Crippen LogP contribution in [-0.4, -0.2) is 29.6 Å². The molecule has 1 aromatic carbocycles. The summed E-state index contributed by atoms with van der Waals surface area (Å²) in [5.41, 5.74) is 1.74. The average molecular weight is 399 g/mol. The van der Waals surface area contributed by atoms with Crippen LogP contribution < -0.4 is 4.74 Å². The van der Waals surface area contributed by atoms with Crippen molar-refractivity contribution in [2.24, 2.45) is 0 Å². The summed E-state index contributed by atoms with van der Waals surface area (Å²) in [6, 6.07) is 13.1. The van der Waals surface area contributed by atoms with Crippen molar-refractivity contribution >= 4 is 30.1 Å². The number of hydrogen-bond acceptors (Lipinski definition) is 6. The van der Waals surface area contributed by atoms with Crippen LogP contribution >= 0.6 is 12.6 Å². The third-order valence-electron chi connectivity index (χ3n) is 4.08. The highest BCUT2D eigenvalue weighted by molar-refractivity contribution is 7.80. The standard InChI is InChI=1S/C21H21NO5S/c1-3-25-20(23)16-17-15(27-13-14-9-6-5-7-10-14)11-8-12-22(17)18(19(16)28)21(24)26-4-2/h5-12,28H,3-4,13H2,1-2H3. The van der Waals surface area contributed by atoms with E-state index < -0.39 is 11.9 Å². The maximum Gasteiger partial charge on any atom is 0.356 e. The highest BCUT2D eigenvalue weighted by Crippen LogP contribution is 2.34. The van der Waals surface area contributed by atoms with Gasteiger partial charge in [0.2, 0.25) is 0 Å². The Balaban J connectivity index is 2.13. The monoisotopic (exact) mass is 399 g/mol. The van der Waals surface area contributed by atoms with Gasteiger partial charge < -0.3 is 18.6 Å². The number of carbonyl (C=O) groups is 2. The summed E-state index contributed by atoms with van der Waals surface area (Å²) in [7, 11) is 0. The molecule has 146 valence electrons. The SMILES string of the molecule is CCOC(=O)c1c(S)c(C(=O)OCC)n2cccc(OCc3ccccc3)c12. The van der Waals surface area contributed by atoms with Crippen LogP contribution in [0.25, 0.3) is 5.52 Å². The van der Waals surface area contributed by atoms with E-state index in [1.54, 1.807) is 36.6 Å². The van der Waals surface area contributed by atoms with Gasteiger partial charge in [-0.25, -0.2) is 9.59 Å². The number of ether oxygens (including phenoxy) is 3. The number of carbonyl (C=O) groups excluding carboxylic acids is 2. The van der Waals surface area contributed by atoms with Crippen molar-refractivity contribution in [3.63, 3.8) is 0 Å². The van der Waals surface area contributed by atoms with Gasteiger partial charge in [-0.2, -0.15) is 0 Å². The minimum atomic E-state index is -0.573. The number of rotatable bonds is 7. The van der Waals surface area contributed by atoms with E-state index in [0.717, 1.165) is 5.56 Å². The molecule has 2 aromatic heterocycles. The van der Waals surface area contributed by atoms with Gasteiger partial charge in [-0.15, -0.1) is 12.6 Å². The zero-order valence-corrected chi connectivity index (χ0v) is 16.6. The van der Waals surface area contributed by atoms with E-state index in [0.29, 0.717) is 17.9 Å². The molecule has 0 fully saturated rings. The fourth-order valence-corrected chi connectivity index (χ4v) is 3.30. The van der Waals surface area contributed by atoms with Crippen LogP contribution in [0.3, 0.4) is 0 Å². The molecule has 0 radical (unpaired) electrons. The molecule has 0 saturated carbocycles. The minimum Gasteiger partial charge on any atom is -0.487 e. The van der Waals surface area contributed by atoms with Gasteiger partial charge in [-0.05, 0) is 31.5 Å². The highest BCUT2D eigenvalue weighted by atomic mass is 32.1. The van der Waals surface area contributed by atoms with Gasteiger partial charge >= 0.3 is 11.9 Å². The topological polar surface area (TPSA) is 66.2 Å². The van der Waals surface area contributed by atoms with Crippen LogP contribution in [0.15, 0.2) is 53.6 Å². The molecule has 7 heteroatoms. The highest BCUT2D eigenvalue weighted by Gasteiger charge is 2.29. The Labute approximate surface area is 168 Å². The molecular weight excluding hydrogens is 378 g/mol. The number of nitrogens with zero attached hydrogens (tertiary/aromatic N) is 1. The van der Waals surface area contributed by atoms with Gasteiger partial charge in [0.1, 0.15) is 29.1 Å². The molecule has 3 aromatic rings. The quantitative estimate of drug-likeness (QED) is 0.477. The maximum atomic E-state index is 12.6. The van der Waals surface area contributed by atoms with E-state index >= 15 is 0 Å². The summed E-state index contributed by atoms with van der Waals surface area (Å²) >= 11 is 4.44. The van der Waals surface area contributed by atoms with Crippen LogP contribution in [0, 0.1) is 0 Å². The van der Waals surface area contributed by atoms with Crippen molar-refractivity contribution in [2.45, 2.75) is 25.3 Å². The molecule has 3 rings (SSSR count). The molecule has 2 heterocycles. The van der Waals surface area contributed by atoms with Crippen LogP contribution in [0.5, 0.6) is 5.75 Å². The lowest BCUT2D eigenvalue weighted by molar-refractivity contribution is 0.0514. The lowest BCUT2D eigenvalue weighted by atomic mass is 10.2. The second kappa shape index (κ2) is 8.84. The molecule has 0 saturated heterocycles. The Morgan fingerprint density at radius 2 is 1.64 bits per heavy atom. The zero-order valence-electron chi connectivity index (χ0n) is 15.7. The summed E-state index contributed by atoms with van der Waals surface area (Å²) in [6.45, 7) is 4.15. The van der Waals surface area contributed by atoms with Gasteiger partial charge in [0, 0.05) is 6.20 Å². The summed E-state index contributed by atoms with van der Waals surface area (Å²) in [4.78, 5) is 25.3. The van der Waals surface area contributed by atoms with Crippen LogP contribution in [0.4, 0.5) is 0 Å². The van der Waals surface area contributed by atoms with E-state index in [2.05, 4.69) is 12.6 Å². The molecule has 0 aliphatic carbocycles. The molecule has 0 amide bonds. The smallest absolute Gasteiger partial charge is 0.356 e. The maximum absolute atomic E-state index is 12.6.